The number of fused-ring (bicyclic) bond motifs is 1. The summed E-state index contributed by atoms with van der Waals surface area (Å²) in [5.74, 6) is 0.195. The van der Waals surface area contributed by atoms with Gasteiger partial charge in [0.15, 0.2) is 0 Å². The molecule has 0 spiro atoms. The quantitative estimate of drug-likeness (QED) is 0.823. The molecule has 2 aliphatic rings. The number of aryl methyl sites for hydroxylation is 1. The monoisotopic (exact) mass is 356 g/mol. The molecule has 8 heteroatoms. The minimum Gasteiger partial charge on any atom is -0.479 e. The van der Waals surface area contributed by atoms with Crippen LogP contribution in [0.1, 0.15) is 34.8 Å². The predicted octanol–water partition coefficient (Wildman–Crippen LogP) is 1.40. The van der Waals surface area contributed by atoms with Gasteiger partial charge < -0.3 is 19.1 Å². The zero-order chi connectivity index (χ0) is 18.3. The summed E-state index contributed by atoms with van der Waals surface area (Å²) in [6.07, 6.45) is 1.08. The van der Waals surface area contributed by atoms with Crippen LogP contribution in [0.4, 0.5) is 0 Å². The summed E-state index contributed by atoms with van der Waals surface area (Å²) in [5, 5.41) is 3.68. The number of amides is 2. The number of hydrogen-bond donors (Lipinski definition) is 0. The zero-order valence-electron chi connectivity index (χ0n) is 14.7. The predicted molar refractivity (Wildman–Crippen MR) is 90.4 cm³/mol. The highest BCUT2D eigenvalue weighted by Crippen LogP contribution is 2.34. The number of pyridine rings is 1. The number of carbonyl (C=O) groups excluding carboxylic acids is 2. The van der Waals surface area contributed by atoms with Crippen molar-refractivity contribution >= 4 is 11.8 Å². The fraction of sp³-hybridized carbons (Fsp3) is 0.444. The number of ether oxygens (including phenoxy) is 1. The molecule has 4 rings (SSSR count). The van der Waals surface area contributed by atoms with Crippen LogP contribution in [0.2, 0.25) is 0 Å². The minimum atomic E-state index is -0.253. The van der Waals surface area contributed by atoms with E-state index >= 15 is 0 Å². The van der Waals surface area contributed by atoms with Gasteiger partial charge >= 0.3 is 0 Å². The fourth-order valence-corrected chi connectivity index (χ4v) is 3.85. The lowest BCUT2D eigenvalue weighted by Gasteiger charge is -2.24. The molecule has 4 heterocycles. The van der Waals surface area contributed by atoms with Crippen LogP contribution in [-0.2, 0) is 11.3 Å². The van der Waals surface area contributed by atoms with Crippen molar-refractivity contribution in [2.24, 2.45) is 0 Å². The molecule has 8 nitrogen and oxygen atoms in total. The van der Waals surface area contributed by atoms with E-state index in [2.05, 4.69) is 10.1 Å². The van der Waals surface area contributed by atoms with Crippen LogP contribution in [-0.4, -0.2) is 57.5 Å². The summed E-state index contributed by atoms with van der Waals surface area (Å²) < 4.78 is 10.0. The van der Waals surface area contributed by atoms with Crippen molar-refractivity contribution < 1.29 is 18.8 Å². The maximum absolute atomic E-state index is 12.7. The molecule has 0 radical (unpaired) electrons. The molecule has 26 heavy (non-hydrogen) atoms. The summed E-state index contributed by atoms with van der Waals surface area (Å²) in [6, 6.07) is 7.14. The average molecular weight is 356 g/mol. The molecule has 0 aromatic carbocycles. The van der Waals surface area contributed by atoms with Gasteiger partial charge in [-0.1, -0.05) is 6.07 Å². The second-order valence-corrected chi connectivity index (χ2v) is 6.65. The van der Waals surface area contributed by atoms with Crippen molar-refractivity contribution in [3.05, 3.63) is 41.4 Å². The van der Waals surface area contributed by atoms with Gasteiger partial charge in [-0.3, -0.25) is 14.6 Å². The van der Waals surface area contributed by atoms with Gasteiger partial charge in [0, 0.05) is 18.7 Å². The first-order valence-electron chi connectivity index (χ1n) is 8.60. The summed E-state index contributed by atoms with van der Waals surface area (Å²) in [7, 11) is 1.46. The lowest BCUT2D eigenvalue weighted by Crippen LogP contribution is -2.39. The number of carbonyl (C=O) groups is 2. The van der Waals surface area contributed by atoms with Gasteiger partial charge in [0.05, 0.1) is 37.5 Å². The summed E-state index contributed by atoms with van der Waals surface area (Å²) in [4.78, 5) is 33.3. The van der Waals surface area contributed by atoms with Crippen LogP contribution >= 0.6 is 0 Å². The van der Waals surface area contributed by atoms with Gasteiger partial charge in [0.1, 0.15) is 0 Å². The normalized spacial score (nSPS) is 22.0. The van der Waals surface area contributed by atoms with E-state index < -0.39 is 0 Å². The van der Waals surface area contributed by atoms with Crippen molar-refractivity contribution in [2.45, 2.75) is 38.4 Å². The van der Waals surface area contributed by atoms with Crippen molar-refractivity contribution in [2.75, 3.05) is 13.7 Å². The van der Waals surface area contributed by atoms with Gasteiger partial charge in [0.2, 0.25) is 11.7 Å². The van der Waals surface area contributed by atoms with Crippen molar-refractivity contribution in [3.63, 3.8) is 0 Å². The fourth-order valence-electron chi connectivity index (χ4n) is 3.85. The van der Waals surface area contributed by atoms with E-state index in [1.807, 2.05) is 30.0 Å². The smallest absolute Gasteiger partial charge is 0.292 e. The zero-order valence-corrected chi connectivity index (χ0v) is 14.7. The van der Waals surface area contributed by atoms with E-state index in [9.17, 15) is 9.59 Å². The molecule has 0 bridgehead atoms. The first-order valence-corrected chi connectivity index (χ1v) is 8.60. The Kier molecular flexibility index (Phi) is 4.10. The highest BCUT2D eigenvalue weighted by Gasteiger charge is 2.49. The number of likely N-dealkylation sites (tertiary alicyclic amines) is 2. The molecule has 2 aromatic rings. The van der Waals surface area contributed by atoms with Gasteiger partial charge in [-0.25, -0.2) is 0 Å². The second kappa shape index (κ2) is 6.44. The number of aromatic nitrogens is 2. The molecule has 2 saturated heterocycles. The Balaban J connectivity index is 1.50. The van der Waals surface area contributed by atoms with E-state index in [1.165, 1.54) is 13.2 Å². The maximum atomic E-state index is 12.7. The van der Waals surface area contributed by atoms with E-state index in [-0.39, 0.29) is 35.5 Å². The third kappa shape index (κ3) is 2.81. The van der Waals surface area contributed by atoms with Gasteiger partial charge in [-0.15, -0.1) is 0 Å². The Morgan fingerprint density at radius 1 is 1.38 bits per heavy atom. The molecule has 2 amide bonds. The van der Waals surface area contributed by atoms with Gasteiger partial charge in [0.25, 0.3) is 11.8 Å². The Morgan fingerprint density at radius 3 is 2.96 bits per heavy atom. The Labute approximate surface area is 150 Å². The van der Waals surface area contributed by atoms with Crippen molar-refractivity contribution in [1.82, 2.24) is 19.9 Å². The average Bonchev–Trinajstić information content (AvgIpc) is 3.32. The highest BCUT2D eigenvalue weighted by molar-refractivity contribution is 5.93. The molecule has 2 aliphatic heterocycles. The standard InChI is InChI=1S/C18H20N4O4/c1-11-4-3-5-12(19-11)10-22-13-6-7-21(14(13)8-17(22)23)18(24)15-9-16(25-2)20-26-15/h3-5,9,13-14H,6-8,10H2,1-2H3/t13-,14-/m0/s1. The second-order valence-electron chi connectivity index (χ2n) is 6.65. The van der Waals surface area contributed by atoms with Crippen LogP contribution in [0.15, 0.2) is 28.8 Å². The molecular formula is C18H20N4O4. The van der Waals surface area contributed by atoms with E-state index in [1.54, 1.807) is 4.90 Å². The molecule has 0 aliphatic carbocycles. The van der Waals surface area contributed by atoms with Crippen LogP contribution in [0.3, 0.4) is 0 Å². The number of methoxy groups -OCH3 is 1. The first-order chi connectivity index (χ1) is 12.6. The largest absolute Gasteiger partial charge is 0.479 e. The Hall–Kier alpha value is -2.90. The molecular weight excluding hydrogens is 336 g/mol. The lowest BCUT2D eigenvalue weighted by atomic mass is 10.1. The Morgan fingerprint density at radius 2 is 2.23 bits per heavy atom. The number of nitrogens with zero attached hydrogens (tertiary/aromatic N) is 4. The first kappa shape index (κ1) is 16.6. The van der Waals surface area contributed by atoms with Crippen LogP contribution in [0, 0.1) is 6.92 Å². The SMILES string of the molecule is COc1cc(C(=O)N2CC[C@H]3[C@@H]2CC(=O)N3Cc2cccc(C)n2)on1. The Bertz CT molecular complexity index is 849. The molecule has 0 saturated carbocycles. The topological polar surface area (TPSA) is 88.8 Å². The molecule has 0 unspecified atom stereocenters. The summed E-state index contributed by atoms with van der Waals surface area (Å²) in [5.41, 5.74) is 1.79. The third-order valence-electron chi connectivity index (χ3n) is 5.06. The maximum Gasteiger partial charge on any atom is 0.292 e. The molecule has 2 aromatic heterocycles. The van der Waals surface area contributed by atoms with Gasteiger partial charge in [-0.2, -0.15) is 0 Å². The highest BCUT2D eigenvalue weighted by atomic mass is 16.5. The number of hydrogen-bond acceptors (Lipinski definition) is 6. The van der Waals surface area contributed by atoms with Crippen LogP contribution in [0.5, 0.6) is 5.88 Å². The minimum absolute atomic E-state index is 0.0126. The lowest BCUT2D eigenvalue weighted by molar-refractivity contribution is -0.129. The molecule has 2 fully saturated rings. The number of rotatable bonds is 4. The van der Waals surface area contributed by atoms with Crippen molar-refractivity contribution in [3.8, 4) is 5.88 Å². The molecule has 136 valence electrons. The van der Waals surface area contributed by atoms with Gasteiger partial charge in [-0.05, 0) is 30.6 Å². The van der Waals surface area contributed by atoms with E-state index in [0.717, 1.165) is 17.8 Å². The van der Waals surface area contributed by atoms with Crippen LogP contribution < -0.4 is 4.74 Å². The molecule has 2 atom stereocenters. The van der Waals surface area contributed by atoms with Crippen LogP contribution in [0.25, 0.3) is 0 Å². The summed E-state index contributed by atoms with van der Waals surface area (Å²) >= 11 is 0. The van der Waals surface area contributed by atoms with E-state index in [0.29, 0.717) is 19.5 Å². The summed E-state index contributed by atoms with van der Waals surface area (Å²) in [6.45, 7) is 2.99. The third-order valence-corrected chi connectivity index (χ3v) is 5.06. The molecule has 0 N–H and O–H groups in total. The van der Waals surface area contributed by atoms with E-state index in [4.69, 9.17) is 9.26 Å². The van der Waals surface area contributed by atoms with Crippen molar-refractivity contribution in [1.29, 1.82) is 0 Å².